The summed E-state index contributed by atoms with van der Waals surface area (Å²) >= 11 is 0. The Labute approximate surface area is 221 Å². The molecule has 3 aliphatic carbocycles. The number of rotatable bonds is 3. The fraction of sp³-hybridized carbons (Fsp3) is 0.250. The van der Waals surface area contributed by atoms with Crippen molar-refractivity contribution in [3.8, 4) is 5.75 Å². The summed E-state index contributed by atoms with van der Waals surface area (Å²) in [5.74, 6) is -9.73. The van der Waals surface area contributed by atoms with E-state index in [-0.39, 0.29) is 16.7 Å². The fourth-order valence-electron chi connectivity index (χ4n) is 6.05. The zero-order chi connectivity index (χ0) is 28.5. The Morgan fingerprint density at radius 3 is 2.31 bits per heavy atom. The average Bonchev–Trinajstić information content (AvgIpc) is 2.86. The van der Waals surface area contributed by atoms with Crippen LogP contribution in [-0.4, -0.2) is 79.7 Å². The molecule has 7 N–H and O–H groups in total. The van der Waals surface area contributed by atoms with Crippen LogP contribution in [0.5, 0.6) is 5.75 Å². The Hall–Kier alpha value is -4.32. The van der Waals surface area contributed by atoms with E-state index in [9.17, 15) is 44.3 Å². The quantitative estimate of drug-likeness (QED) is 0.313. The molecule has 0 unspecified atom stereocenters. The van der Waals surface area contributed by atoms with Gasteiger partial charge in [0.05, 0.1) is 29.2 Å². The molecule has 39 heavy (non-hydrogen) atoms. The number of benzene rings is 2. The number of Topliss-reactive ketones (excluding diaryl/α,β-unsaturated/α-hetero) is 2. The SMILES string of the molecule is CN(C)[C@H]1C(=O)C(C(N)=O)=C(O)[C@]2(O)C(=O)C3=C(O)c4c(O)cccc4/C(=C\c4ccc(F)cc4)[C@@H]3[C@@H](O)[C@H]12. The molecule has 1 fully saturated rings. The standard InChI is InChI=1S/C28H25FN2O8/c1-31(2)21-20-23(34)17-14(10-11-6-8-12(29)9-7-11)13-4-3-5-15(32)16(13)22(33)18(17)25(36)28(20,39)26(37)19(24(21)35)27(30)38/h3-10,17,20-21,23,32-34,37,39H,1-2H3,(H2,30,38)/b14-10+/t17-,20-,21+,23+,28+/m0/s1. The summed E-state index contributed by atoms with van der Waals surface area (Å²) in [5.41, 5.74) is 1.50. The Morgan fingerprint density at radius 1 is 1.08 bits per heavy atom. The van der Waals surface area contributed by atoms with Crippen LogP contribution in [0, 0.1) is 17.7 Å². The molecule has 0 heterocycles. The molecular weight excluding hydrogens is 511 g/mol. The molecule has 1 amide bonds. The first-order chi connectivity index (χ1) is 18.3. The highest BCUT2D eigenvalue weighted by atomic mass is 19.1. The van der Waals surface area contributed by atoms with Crippen LogP contribution >= 0.6 is 0 Å². The lowest BCUT2D eigenvalue weighted by Crippen LogP contribution is -2.70. The molecule has 10 nitrogen and oxygen atoms in total. The van der Waals surface area contributed by atoms with E-state index in [1.165, 1.54) is 67.5 Å². The van der Waals surface area contributed by atoms with E-state index in [4.69, 9.17) is 5.73 Å². The molecule has 5 rings (SSSR count). The number of phenolic OH excluding ortho intramolecular Hbond substituents is 1. The summed E-state index contributed by atoms with van der Waals surface area (Å²) in [6.07, 6.45) is -0.268. The van der Waals surface area contributed by atoms with Crippen molar-refractivity contribution in [3.05, 3.63) is 81.9 Å². The lowest BCUT2D eigenvalue weighted by molar-refractivity contribution is -0.166. The highest BCUT2D eigenvalue weighted by Crippen LogP contribution is 2.56. The smallest absolute Gasteiger partial charge is 0.255 e. The van der Waals surface area contributed by atoms with Crippen molar-refractivity contribution >= 4 is 34.9 Å². The van der Waals surface area contributed by atoms with Crippen LogP contribution in [0.1, 0.15) is 16.7 Å². The highest BCUT2D eigenvalue weighted by molar-refractivity contribution is 6.25. The molecule has 0 saturated heterocycles. The molecule has 5 atom stereocenters. The molecule has 202 valence electrons. The number of phenols is 1. The first kappa shape index (κ1) is 26.3. The van der Waals surface area contributed by atoms with E-state index in [0.717, 1.165) is 0 Å². The number of fused-ring (bicyclic) bond motifs is 3. The molecule has 0 aliphatic heterocycles. The topological polar surface area (TPSA) is 182 Å². The lowest BCUT2D eigenvalue weighted by Gasteiger charge is -2.53. The molecule has 1 saturated carbocycles. The normalized spacial score (nSPS) is 29.4. The lowest BCUT2D eigenvalue weighted by atomic mass is 9.55. The Balaban J connectivity index is 1.86. The van der Waals surface area contributed by atoms with Crippen LogP contribution < -0.4 is 5.73 Å². The summed E-state index contributed by atoms with van der Waals surface area (Å²) in [7, 11) is 2.85. The van der Waals surface area contributed by atoms with Crippen LogP contribution in [-0.2, 0) is 14.4 Å². The Kier molecular flexibility index (Phi) is 5.98. The number of carbonyl (C=O) groups excluding carboxylic acids is 3. The van der Waals surface area contributed by atoms with E-state index < -0.39 is 81.3 Å². The average molecular weight is 537 g/mol. The molecule has 0 spiro atoms. The molecule has 2 aromatic carbocycles. The van der Waals surface area contributed by atoms with Gasteiger partial charge in [-0.25, -0.2) is 4.39 Å². The second kappa shape index (κ2) is 8.87. The zero-order valence-corrected chi connectivity index (χ0v) is 20.8. The van der Waals surface area contributed by atoms with E-state index in [1.807, 2.05) is 0 Å². The van der Waals surface area contributed by atoms with Crippen molar-refractivity contribution in [1.29, 1.82) is 0 Å². The number of halogens is 1. The van der Waals surface area contributed by atoms with Crippen LogP contribution in [0.2, 0.25) is 0 Å². The number of primary amides is 1. The minimum atomic E-state index is -3.02. The van der Waals surface area contributed by atoms with Crippen molar-refractivity contribution < 1.29 is 44.3 Å². The molecular formula is C28H25FN2O8. The minimum Gasteiger partial charge on any atom is -0.508 e. The van der Waals surface area contributed by atoms with E-state index >= 15 is 0 Å². The molecule has 0 bridgehead atoms. The van der Waals surface area contributed by atoms with E-state index in [1.54, 1.807) is 0 Å². The highest BCUT2D eigenvalue weighted by Gasteiger charge is 2.68. The van der Waals surface area contributed by atoms with Crippen LogP contribution in [0.3, 0.4) is 0 Å². The molecule has 0 aromatic heterocycles. The van der Waals surface area contributed by atoms with Crippen LogP contribution in [0.25, 0.3) is 17.4 Å². The number of aromatic hydroxyl groups is 1. The van der Waals surface area contributed by atoms with Gasteiger partial charge < -0.3 is 31.3 Å². The summed E-state index contributed by atoms with van der Waals surface area (Å²) in [6.45, 7) is 0. The van der Waals surface area contributed by atoms with Gasteiger partial charge in [0, 0.05) is 5.92 Å². The van der Waals surface area contributed by atoms with Gasteiger partial charge in [-0.3, -0.25) is 19.3 Å². The number of hydrogen-bond donors (Lipinski definition) is 6. The minimum absolute atomic E-state index is 0.172. The predicted octanol–water partition coefficient (Wildman–Crippen LogP) is 1.07. The molecule has 2 aromatic rings. The largest absolute Gasteiger partial charge is 0.508 e. The van der Waals surface area contributed by atoms with Crippen molar-refractivity contribution in [2.24, 2.45) is 17.6 Å². The number of aliphatic hydroxyl groups excluding tert-OH is 3. The van der Waals surface area contributed by atoms with Gasteiger partial charge in [-0.15, -0.1) is 0 Å². The van der Waals surface area contributed by atoms with Gasteiger partial charge in [0.1, 0.15) is 28.7 Å². The third-order valence-electron chi connectivity index (χ3n) is 7.72. The first-order valence-electron chi connectivity index (χ1n) is 11.9. The second-order valence-electron chi connectivity index (χ2n) is 10.1. The van der Waals surface area contributed by atoms with Gasteiger partial charge in [0.15, 0.2) is 11.4 Å². The number of ketones is 2. The second-order valence-corrected chi connectivity index (χ2v) is 10.1. The Morgan fingerprint density at radius 2 is 1.72 bits per heavy atom. The van der Waals surface area contributed by atoms with Crippen molar-refractivity contribution in [1.82, 2.24) is 4.90 Å². The number of amides is 1. The van der Waals surface area contributed by atoms with Gasteiger partial charge in [-0.1, -0.05) is 30.3 Å². The third kappa shape index (κ3) is 3.54. The van der Waals surface area contributed by atoms with Gasteiger partial charge in [-0.2, -0.15) is 0 Å². The summed E-state index contributed by atoms with van der Waals surface area (Å²) < 4.78 is 13.6. The number of hydrogen-bond acceptors (Lipinski definition) is 9. The van der Waals surface area contributed by atoms with E-state index in [0.29, 0.717) is 5.56 Å². The maximum Gasteiger partial charge on any atom is 0.255 e. The molecule has 3 aliphatic rings. The van der Waals surface area contributed by atoms with Gasteiger partial charge >= 0.3 is 0 Å². The van der Waals surface area contributed by atoms with Crippen molar-refractivity contribution in [3.63, 3.8) is 0 Å². The molecule has 11 heteroatoms. The maximum absolute atomic E-state index is 14.1. The predicted molar refractivity (Wildman–Crippen MR) is 136 cm³/mol. The van der Waals surface area contributed by atoms with Gasteiger partial charge in [-0.05, 0) is 49.0 Å². The number of nitrogens with zero attached hydrogens (tertiary/aromatic N) is 1. The fourth-order valence-corrected chi connectivity index (χ4v) is 6.05. The van der Waals surface area contributed by atoms with Crippen molar-refractivity contribution in [2.45, 2.75) is 17.7 Å². The van der Waals surface area contributed by atoms with E-state index in [2.05, 4.69) is 0 Å². The van der Waals surface area contributed by atoms with Gasteiger partial charge in [0.25, 0.3) is 5.91 Å². The van der Waals surface area contributed by atoms with Crippen LogP contribution in [0.15, 0.2) is 59.4 Å². The van der Waals surface area contributed by atoms with Gasteiger partial charge in [0.2, 0.25) is 5.78 Å². The summed E-state index contributed by atoms with van der Waals surface area (Å²) in [5, 5.41) is 56.4. The molecule has 0 radical (unpaired) electrons. The third-order valence-corrected chi connectivity index (χ3v) is 7.72. The summed E-state index contributed by atoms with van der Waals surface area (Å²) in [6, 6.07) is 8.08. The Bertz CT molecular complexity index is 1540. The summed E-state index contributed by atoms with van der Waals surface area (Å²) in [4.78, 5) is 40.8. The zero-order valence-electron chi connectivity index (χ0n) is 20.8. The number of carbonyl (C=O) groups is 3. The number of aliphatic hydroxyl groups is 4. The first-order valence-corrected chi connectivity index (χ1v) is 11.9. The number of nitrogens with two attached hydrogens (primary N) is 1. The maximum atomic E-state index is 14.1. The van der Waals surface area contributed by atoms with Crippen LogP contribution in [0.4, 0.5) is 4.39 Å². The number of likely N-dealkylation sites (N-methyl/N-ethyl adjacent to an activating group) is 1. The van der Waals surface area contributed by atoms with Crippen molar-refractivity contribution in [2.75, 3.05) is 14.1 Å². The monoisotopic (exact) mass is 536 g/mol.